The fourth-order valence-corrected chi connectivity index (χ4v) is 2.79. The summed E-state index contributed by atoms with van der Waals surface area (Å²) in [6.07, 6.45) is 5.00. The van der Waals surface area contributed by atoms with E-state index < -0.39 is 5.78 Å². The Balaban J connectivity index is 2.01. The second-order valence-corrected chi connectivity index (χ2v) is 6.11. The number of rotatable bonds is 6. The highest BCUT2D eigenvalue weighted by molar-refractivity contribution is 6.08. The van der Waals surface area contributed by atoms with E-state index >= 15 is 0 Å². The van der Waals surface area contributed by atoms with E-state index in [0.29, 0.717) is 0 Å². The predicted octanol–water partition coefficient (Wildman–Crippen LogP) is 5.09. The molecule has 0 heterocycles. The van der Waals surface area contributed by atoms with Crippen LogP contribution in [0.1, 0.15) is 21.5 Å². The summed E-state index contributed by atoms with van der Waals surface area (Å²) in [5, 5.41) is 19.5. The number of ketones is 1. The first kappa shape index (κ1) is 19.0. The van der Waals surface area contributed by atoms with Crippen molar-refractivity contribution in [3.63, 3.8) is 0 Å². The van der Waals surface area contributed by atoms with Crippen LogP contribution < -0.4 is 4.74 Å². The number of allylic oxidation sites excluding steroid dienone is 3. The van der Waals surface area contributed by atoms with Crippen molar-refractivity contribution >= 4 is 17.4 Å². The monoisotopic (exact) mass is 372 g/mol. The van der Waals surface area contributed by atoms with Gasteiger partial charge >= 0.3 is 0 Å². The molecule has 4 heteroatoms. The molecule has 0 fully saturated rings. The first-order chi connectivity index (χ1) is 13.6. The molecule has 0 amide bonds. The van der Waals surface area contributed by atoms with Crippen LogP contribution in [0.2, 0.25) is 0 Å². The van der Waals surface area contributed by atoms with Gasteiger partial charge in [0.15, 0.2) is 5.78 Å². The number of phenols is 2. The summed E-state index contributed by atoms with van der Waals surface area (Å²) in [5.41, 5.74) is 2.65. The number of carbonyl (C=O) groups is 1. The fraction of sp³-hybridized carbons (Fsp3) is 0.0417. The Morgan fingerprint density at radius 2 is 1.61 bits per heavy atom. The molecule has 0 spiro atoms. The Labute approximate surface area is 163 Å². The molecule has 0 aliphatic rings. The van der Waals surface area contributed by atoms with Crippen molar-refractivity contribution in [3.05, 3.63) is 102 Å². The molecular formula is C24H20O4. The summed E-state index contributed by atoms with van der Waals surface area (Å²) in [5.74, 6) is 0.0568. The smallest absolute Gasteiger partial charge is 0.189 e. The Kier molecular flexibility index (Phi) is 5.92. The molecule has 0 radical (unpaired) electrons. The summed E-state index contributed by atoms with van der Waals surface area (Å²) >= 11 is 0. The lowest BCUT2D eigenvalue weighted by Crippen LogP contribution is -1.95. The van der Waals surface area contributed by atoms with Gasteiger partial charge in [-0.1, -0.05) is 54.6 Å². The van der Waals surface area contributed by atoms with Gasteiger partial charge in [-0.3, -0.25) is 4.79 Å². The van der Waals surface area contributed by atoms with E-state index in [-0.39, 0.29) is 17.1 Å². The van der Waals surface area contributed by atoms with Crippen LogP contribution in [0.3, 0.4) is 0 Å². The maximum Gasteiger partial charge on any atom is 0.189 e. The molecule has 0 aliphatic carbocycles. The number of hydrogen-bond donors (Lipinski definition) is 2. The van der Waals surface area contributed by atoms with Gasteiger partial charge in [0.2, 0.25) is 0 Å². The van der Waals surface area contributed by atoms with E-state index in [1.807, 2.05) is 60.7 Å². The van der Waals surface area contributed by atoms with Crippen molar-refractivity contribution in [2.24, 2.45) is 0 Å². The van der Waals surface area contributed by atoms with E-state index in [9.17, 15) is 15.0 Å². The molecule has 28 heavy (non-hydrogen) atoms. The second-order valence-electron chi connectivity index (χ2n) is 6.11. The molecule has 3 rings (SSSR count). The van der Waals surface area contributed by atoms with Crippen LogP contribution >= 0.6 is 0 Å². The summed E-state index contributed by atoms with van der Waals surface area (Å²) in [7, 11) is 1.61. The SMILES string of the molecule is COc1ccccc1/C=C(\C=C\C(=O)c1cc(O)ccc1O)c1ccccc1. The van der Waals surface area contributed by atoms with Gasteiger partial charge in [0.1, 0.15) is 17.2 Å². The van der Waals surface area contributed by atoms with Gasteiger partial charge in [0.05, 0.1) is 12.7 Å². The quantitative estimate of drug-likeness (QED) is 0.208. The molecular weight excluding hydrogens is 352 g/mol. The molecule has 3 aromatic carbocycles. The summed E-state index contributed by atoms with van der Waals surface area (Å²) in [4.78, 5) is 12.5. The average molecular weight is 372 g/mol. The minimum absolute atomic E-state index is 0.0425. The molecule has 4 nitrogen and oxygen atoms in total. The number of aromatic hydroxyl groups is 2. The second kappa shape index (κ2) is 8.73. The van der Waals surface area contributed by atoms with Crippen molar-refractivity contribution in [1.29, 1.82) is 0 Å². The van der Waals surface area contributed by atoms with Crippen molar-refractivity contribution in [1.82, 2.24) is 0 Å². The predicted molar refractivity (Wildman–Crippen MR) is 111 cm³/mol. The maximum absolute atomic E-state index is 12.5. The van der Waals surface area contributed by atoms with Crippen molar-refractivity contribution in [2.75, 3.05) is 7.11 Å². The number of phenolic OH excluding ortho intramolecular Hbond substituents is 2. The summed E-state index contributed by atoms with van der Waals surface area (Å²) in [6.45, 7) is 0. The summed E-state index contributed by atoms with van der Waals surface area (Å²) < 4.78 is 5.41. The molecule has 0 bridgehead atoms. The maximum atomic E-state index is 12.5. The van der Waals surface area contributed by atoms with Crippen LogP contribution in [-0.4, -0.2) is 23.1 Å². The van der Waals surface area contributed by atoms with E-state index in [4.69, 9.17) is 4.74 Å². The molecule has 0 saturated carbocycles. The topological polar surface area (TPSA) is 66.8 Å². The van der Waals surface area contributed by atoms with Crippen molar-refractivity contribution < 1.29 is 19.7 Å². The zero-order chi connectivity index (χ0) is 19.9. The third-order valence-electron chi connectivity index (χ3n) is 4.22. The van der Waals surface area contributed by atoms with Crippen LogP contribution in [-0.2, 0) is 0 Å². The fourth-order valence-electron chi connectivity index (χ4n) is 2.79. The van der Waals surface area contributed by atoms with Crippen molar-refractivity contribution in [3.8, 4) is 17.2 Å². The lowest BCUT2D eigenvalue weighted by molar-refractivity contribution is 0.104. The molecule has 2 N–H and O–H groups in total. The van der Waals surface area contributed by atoms with Crippen LogP contribution in [0.25, 0.3) is 11.6 Å². The van der Waals surface area contributed by atoms with E-state index in [0.717, 1.165) is 22.4 Å². The first-order valence-corrected chi connectivity index (χ1v) is 8.73. The minimum Gasteiger partial charge on any atom is -0.508 e. The molecule has 0 aromatic heterocycles. The normalized spacial score (nSPS) is 11.5. The Morgan fingerprint density at radius 1 is 0.893 bits per heavy atom. The molecule has 140 valence electrons. The lowest BCUT2D eigenvalue weighted by atomic mass is 10.0. The number of hydrogen-bond acceptors (Lipinski definition) is 4. The molecule has 0 unspecified atom stereocenters. The van der Waals surface area contributed by atoms with E-state index in [2.05, 4.69) is 0 Å². The number of carbonyl (C=O) groups excluding carboxylic acids is 1. The zero-order valence-corrected chi connectivity index (χ0v) is 15.4. The standard InChI is InChI=1S/C24H20O4/c1-28-24-10-6-5-9-19(24)15-18(17-7-3-2-4-8-17)11-13-22(26)21-16-20(25)12-14-23(21)27/h2-16,25,27H,1H3/b13-11+,18-15+. The molecule has 0 aliphatic heterocycles. The summed E-state index contributed by atoms with van der Waals surface area (Å²) in [6, 6.07) is 21.1. The molecule has 0 saturated heterocycles. The van der Waals surface area contributed by atoms with E-state index in [1.165, 1.54) is 24.3 Å². The van der Waals surface area contributed by atoms with Gasteiger partial charge in [-0.25, -0.2) is 0 Å². The number of ether oxygens (including phenoxy) is 1. The van der Waals surface area contributed by atoms with Gasteiger partial charge in [-0.05, 0) is 47.6 Å². The van der Waals surface area contributed by atoms with Gasteiger partial charge in [0.25, 0.3) is 0 Å². The first-order valence-electron chi connectivity index (χ1n) is 8.73. The third kappa shape index (κ3) is 4.48. The van der Waals surface area contributed by atoms with E-state index in [1.54, 1.807) is 13.2 Å². The van der Waals surface area contributed by atoms with Crippen LogP contribution in [0.15, 0.2) is 84.9 Å². The third-order valence-corrected chi connectivity index (χ3v) is 4.22. The lowest BCUT2D eigenvalue weighted by Gasteiger charge is -2.07. The number of methoxy groups -OCH3 is 1. The van der Waals surface area contributed by atoms with Crippen LogP contribution in [0.4, 0.5) is 0 Å². The van der Waals surface area contributed by atoms with Crippen molar-refractivity contribution in [2.45, 2.75) is 0 Å². The largest absolute Gasteiger partial charge is 0.508 e. The highest BCUT2D eigenvalue weighted by Gasteiger charge is 2.10. The highest BCUT2D eigenvalue weighted by Crippen LogP contribution is 2.27. The zero-order valence-electron chi connectivity index (χ0n) is 15.4. The molecule has 3 aromatic rings. The van der Waals surface area contributed by atoms with Crippen LogP contribution in [0.5, 0.6) is 17.2 Å². The Morgan fingerprint density at radius 3 is 2.36 bits per heavy atom. The average Bonchev–Trinajstić information content (AvgIpc) is 2.73. The number of para-hydroxylation sites is 1. The Bertz CT molecular complexity index is 1030. The molecule has 0 atom stereocenters. The van der Waals surface area contributed by atoms with Gasteiger partial charge in [-0.2, -0.15) is 0 Å². The van der Waals surface area contributed by atoms with Gasteiger partial charge in [0, 0.05) is 5.56 Å². The number of benzene rings is 3. The van der Waals surface area contributed by atoms with Gasteiger partial charge < -0.3 is 14.9 Å². The highest BCUT2D eigenvalue weighted by atomic mass is 16.5. The Hall–Kier alpha value is -3.79. The van der Waals surface area contributed by atoms with Gasteiger partial charge in [-0.15, -0.1) is 0 Å². The minimum atomic E-state index is -0.407. The van der Waals surface area contributed by atoms with Crippen LogP contribution in [0, 0.1) is 0 Å².